The van der Waals surface area contributed by atoms with Gasteiger partial charge in [-0.05, 0) is 44.7 Å². The molecule has 7 heterocycles. The van der Waals surface area contributed by atoms with E-state index in [0.29, 0.717) is 6.61 Å². The molecular weight excluding hydrogens is 1210 g/mol. The Morgan fingerprint density at radius 3 is 1.18 bits per heavy atom. The second-order valence-corrected chi connectivity index (χ2v) is 21.2. The van der Waals surface area contributed by atoms with Crippen LogP contribution in [0.4, 0.5) is 4.39 Å². The maximum absolute atomic E-state index is 10.2. The van der Waals surface area contributed by atoms with Gasteiger partial charge in [0.25, 0.3) is 0 Å². The van der Waals surface area contributed by atoms with E-state index in [2.05, 4.69) is 20.1 Å². The molecule has 0 aromatic rings. The first-order valence-electron chi connectivity index (χ1n) is 29.7. The average molecular weight is 1320 g/mol. The van der Waals surface area contributed by atoms with Gasteiger partial charge in [0.1, 0.15) is 134 Å². The van der Waals surface area contributed by atoms with E-state index in [1.54, 1.807) is 64.0 Å². The summed E-state index contributed by atoms with van der Waals surface area (Å²) in [5, 5.41) is 56.8. The van der Waals surface area contributed by atoms with Crippen LogP contribution < -0.4 is 5.73 Å². The van der Waals surface area contributed by atoms with Crippen molar-refractivity contribution in [2.75, 3.05) is 133 Å². The Hall–Kier alpha value is -2.61. The van der Waals surface area contributed by atoms with Crippen LogP contribution in [-0.4, -0.2) is 342 Å². The average Bonchev–Trinajstić information content (AvgIpc) is 0.883. The van der Waals surface area contributed by atoms with Crippen LogP contribution in [0.2, 0.25) is 0 Å². The van der Waals surface area contributed by atoms with Crippen molar-refractivity contribution in [3.63, 3.8) is 0 Å². The number of nitrogens with two attached hydrogens (primary N) is 1. The Morgan fingerprint density at radius 1 is 0.444 bits per heavy atom. The summed E-state index contributed by atoms with van der Waals surface area (Å²) in [6.07, 6.45) is -21.3. The maximum atomic E-state index is 10.2. The quantitative estimate of drug-likeness (QED) is 0.0398. The molecule has 35 nitrogen and oxygen atoms in total. The lowest BCUT2D eigenvalue weighted by Crippen LogP contribution is -2.66. The lowest BCUT2D eigenvalue weighted by Gasteiger charge is -2.48. The highest BCUT2D eigenvalue weighted by atomic mass is 19.1. The molecule has 0 aromatic heterocycles. The van der Waals surface area contributed by atoms with E-state index in [0.717, 1.165) is 13.2 Å². The number of aliphatic hydroxyl groups excluding tert-OH is 5. The molecule has 7 N–H and O–H groups in total. The van der Waals surface area contributed by atoms with Gasteiger partial charge in [-0.3, -0.25) is 4.39 Å². The molecule has 0 aromatic carbocycles. The van der Waals surface area contributed by atoms with Gasteiger partial charge in [-0.25, -0.2) is 0 Å². The van der Waals surface area contributed by atoms with Gasteiger partial charge in [-0.1, -0.05) is 10.2 Å². The molecule has 7 fully saturated rings. The van der Waals surface area contributed by atoms with Crippen LogP contribution in [0.15, 0.2) is 10.2 Å². The van der Waals surface area contributed by atoms with E-state index >= 15 is 0 Å². The summed E-state index contributed by atoms with van der Waals surface area (Å²) >= 11 is 0. The number of alkyl halides is 1. The Bertz CT molecular complexity index is 2040. The number of hydrogen-bond donors (Lipinski definition) is 6. The van der Waals surface area contributed by atoms with Gasteiger partial charge in [0.15, 0.2) is 31.3 Å². The molecule has 7 aliphatic rings. The summed E-state index contributed by atoms with van der Waals surface area (Å²) in [7, 11) is 19.0. The van der Waals surface area contributed by atoms with Crippen molar-refractivity contribution in [3.8, 4) is 0 Å². The summed E-state index contributed by atoms with van der Waals surface area (Å²) in [6, 6.07) is 0. The van der Waals surface area contributed by atoms with Gasteiger partial charge in [-0.2, -0.15) is 0 Å². The molecule has 0 spiro atoms. The van der Waals surface area contributed by atoms with Crippen molar-refractivity contribution >= 4 is 0 Å². The van der Waals surface area contributed by atoms with Crippen LogP contribution in [0.25, 0.3) is 20.9 Å². The van der Waals surface area contributed by atoms with Crippen LogP contribution in [0, 0.1) is 0 Å². The van der Waals surface area contributed by atoms with Gasteiger partial charge in [0, 0.05) is 115 Å². The maximum Gasteiger partial charge on any atom is 0.189 e. The van der Waals surface area contributed by atoms with E-state index in [4.69, 9.17) is 127 Å². The second kappa shape index (κ2) is 42.7. The van der Waals surface area contributed by atoms with Crippen LogP contribution in [0.3, 0.4) is 0 Å². The van der Waals surface area contributed by atoms with Gasteiger partial charge < -0.3 is 140 Å². The van der Waals surface area contributed by atoms with Crippen LogP contribution in [0.5, 0.6) is 0 Å². The number of rotatable bonds is 24. The minimum absolute atomic E-state index is 0.202. The molecule has 7 rings (SSSR count). The normalized spacial score (nSPS) is 42.7. The lowest BCUT2D eigenvalue weighted by atomic mass is 9.94. The number of methoxy groups -OCH3 is 13. The third-order valence-corrected chi connectivity index (χ3v) is 16.0. The van der Waals surface area contributed by atoms with E-state index < -0.39 is 173 Å². The molecule has 7 aliphatic heterocycles. The van der Waals surface area contributed by atoms with Gasteiger partial charge >= 0.3 is 0 Å². The summed E-state index contributed by atoms with van der Waals surface area (Å²) in [5.41, 5.74) is 23.7. The predicted molar refractivity (Wildman–Crippen MR) is 307 cm³/mol. The molecule has 30 atom stereocenters. The van der Waals surface area contributed by atoms with Crippen molar-refractivity contribution in [3.05, 3.63) is 20.9 Å². The summed E-state index contributed by atoms with van der Waals surface area (Å²) < 4.78 is 145. The highest BCUT2D eigenvalue weighted by Gasteiger charge is 2.55. The molecule has 528 valence electrons. The minimum Gasteiger partial charge on any atom is -0.394 e. The van der Waals surface area contributed by atoms with E-state index in [1.807, 2.05) is 13.8 Å². The van der Waals surface area contributed by atoms with Crippen LogP contribution >= 0.6 is 0 Å². The van der Waals surface area contributed by atoms with E-state index in [9.17, 15) is 29.9 Å². The van der Waals surface area contributed by atoms with Gasteiger partial charge in [-0.15, -0.1) is 0 Å². The van der Waals surface area contributed by atoms with Gasteiger partial charge in [0.05, 0.1) is 46.7 Å². The SMILES string of the molecule is C1CCOC1.COC1C(N=[N+]=[N-])OC(OC2C(CO)OC(C)C(O)C2O)C(O)C1O.COCC1OC(C)C(OC)C(OC)C1OC1OC(N)C(OC)C(OC)C1OC.COCC1OC(C)C(OC)C(OC)C1OC1OC(N=[N+]=[N-])C(OC)C(OC)C1OC.[2H]CF. The fourth-order valence-electron chi connectivity index (χ4n) is 11.6. The molecule has 7 saturated heterocycles. The fraction of sp³-hybridized carbons (Fsp3) is 1.00. The number of halogens is 1. The van der Waals surface area contributed by atoms with Crippen molar-refractivity contribution < 1.29 is 140 Å². The third kappa shape index (κ3) is 20.9. The summed E-state index contributed by atoms with van der Waals surface area (Å²) in [4.78, 5) is 5.43. The molecule has 0 radical (unpaired) electrons. The number of nitrogens with zero attached hydrogens (tertiary/aromatic N) is 6. The molecular formula is C54H102FN7O28. The zero-order valence-electron chi connectivity index (χ0n) is 55.2. The second-order valence-electron chi connectivity index (χ2n) is 21.2. The van der Waals surface area contributed by atoms with Crippen molar-refractivity contribution in [1.82, 2.24) is 0 Å². The van der Waals surface area contributed by atoms with Crippen molar-refractivity contribution in [1.29, 1.82) is 0 Å². The van der Waals surface area contributed by atoms with Crippen molar-refractivity contribution in [2.24, 2.45) is 16.0 Å². The number of hydrogen-bond acceptors (Lipinski definition) is 31. The first-order valence-corrected chi connectivity index (χ1v) is 29.0. The van der Waals surface area contributed by atoms with Gasteiger partial charge in [0.2, 0.25) is 0 Å². The molecule has 0 bridgehead atoms. The third-order valence-electron chi connectivity index (χ3n) is 16.0. The largest absolute Gasteiger partial charge is 0.394 e. The van der Waals surface area contributed by atoms with Crippen LogP contribution in [0.1, 0.15) is 35.0 Å². The summed E-state index contributed by atoms with van der Waals surface area (Å²) in [5.74, 6) is 0. The Labute approximate surface area is 526 Å². The zero-order valence-corrected chi connectivity index (χ0v) is 54.2. The Kier molecular flexibility index (Phi) is 37.9. The number of ether oxygens (including phenoxy) is 23. The Balaban J connectivity index is 0.000000336. The first kappa shape index (κ1) is 79.8. The summed E-state index contributed by atoms with van der Waals surface area (Å²) in [6.45, 7) is 7.40. The highest BCUT2D eigenvalue weighted by Crippen LogP contribution is 2.36. The monoisotopic (exact) mass is 1320 g/mol. The molecule has 30 unspecified atom stereocenters. The number of azide groups is 2. The molecule has 0 saturated carbocycles. The minimum atomic E-state index is -1.60. The van der Waals surface area contributed by atoms with Crippen LogP contribution in [-0.2, 0) is 109 Å². The zero-order chi connectivity index (χ0) is 68.1. The molecule has 0 aliphatic carbocycles. The first-order chi connectivity index (χ1) is 43.7. The smallest absolute Gasteiger partial charge is 0.189 e. The Morgan fingerprint density at radius 2 is 0.800 bits per heavy atom. The predicted octanol–water partition coefficient (Wildman–Crippen LogP) is -0.621. The van der Waals surface area contributed by atoms with E-state index in [1.165, 1.54) is 48.2 Å². The fourth-order valence-corrected chi connectivity index (χ4v) is 11.6. The highest BCUT2D eigenvalue weighted by molar-refractivity contribution is 5.00. The molecule has 90 heavy (non-hydrogen) atoms. The van der Waals surface area contributed by atoms with E-state index in [-0.39, 0.29) is 31.0 Å². The molecule has 36 heteroatoms. The topological polar surface area (TPSA) is 437 Å². The number of aliphatic hydroxyl groups is 5. The van der Waals surface area contributed by atoms with Crippen molar-refractivity contribution in [2.45, 2.75) is 218 Å². The molecule has 0 amide bonds. The lowest BCUT2D eigenvalue weighted by molar-refractivity contribution is -0.347. The standard InChI is InChI=1S/C18H33N3O9.C18H35NO9.C13H23N3O9.C4H8O.CH3F/c1-9-11(23-3)13(24-4)12(10(28-9)8-22-2)29-18-16(27-7)14(25-5)15(26-6)17(30-18)20-21-19;1-9-11(21-3)13(22-4)12(10(26-9)8-20-2)27-18-16(25-7)14(23-5)15(24-6)17(19)28-18;1-4-6(18)7(19)10(5(3-17)23-4)24-13-9(21)8(20)11(22-2)12(25-13)15-16-14;1-2-4-5-3-1;1-2/h9-18H,8H2,1-7H3;9-18H,8,19H2,1-7H3;4-13,17-21H,3H2,1-2H3;1-4H2;1H3/i;;;;1D.